The molecule has 3 heteroatoms. The largest absolute Gasteiger partial charge is 0.496 e. The number of nitrogens with one attached hydrogen (secondary N) is 1. The second kappa shape index (κ2) is 7.46. The number of benzene rings is 1. The predicted octanol–water partition coefficient (Wildman–Crippen LogP) is 4.93. The number of methoxy groups -OCH3 is 1. The van der Waals surface area contributed by atoms with Crippen molar-refractivity contribution in [1.82, 2.24) is 5.32 Å². The van der Waals surface area contributed by atoms with Crippen molar-refractivity contribution in [2.75, 3.05) is 13.7 Å². The molecule has 1 saturated carbocycles. The SMILES string of the molecule is COc1ccc(C(C)NCC2CCCC(C)C2)cc1Br. The van der Waals surface area contributed by atoms with Crippen molar-refractivity contribution >= 4 is 15.9 Å². The summed E-state index contributed by atoms with van der Waals surface area (Å²) in [6, 6.07) is 6.71. The van der Waals surface area contributed by atoms with Crippen LogP contribution in [0, 0.1) is 11.8 Å². The lowest BCUT2D eigenvalue weighted by atomic mass is 9.82. The Morgan fingerprint density at radius 2 is 2.20 bits per heavy atom. The Balaban J connectivity index is 1.88. The molecular weight excluding hydrogens is 314 g/mol. The molecule has 1 N–H and O–H groups in total. The minimum atomic E-state index is 0.384. The van der Waals surface area contributed by atoms with Crippen LogP contribution in [-0.4, -0.2) is 13.7 Å². The zero-order chi connectivity index (χ0) is 14.5. The van der Waals surface area contributed by atoms with Gasteiger partial charge in [-0.2, -0.15) is 0 Å². The molecule has 20 heavy (non-hydrogen) atoms. The van der Waals surface area contributed by atoms with Gasteiger partial charge in [0, 0.05) is 6.04 Å². The molecule has 1 aromatic rings. The summed E-state index contributed by atoms with van der Waals surface area (Å²) in [5, 5.41) is 3.69. The van der Waals surface area contributed by atoms with E-state index >= 15 is 0 Å². The average Bonchev–Trinajstić information content (AvgIpc) is 2.44. The fourth-order valence-electron chi connectivity index (χ4n) is 3.16. The maximum atomic E-state index is 5.28. The van der Waals surface area contributed by atoms with E-state index in [4.69, 9.17) is 4.74 Å². The minimum Gasteiger partial charge on any atom is -0.496 e. The molecule has 112 valence electrons. The van der Waals surface area contributed by atoms with Gasteiger partial charge in [-0.15, -0.1) is 0 Å². The van der Waals surface area contributed by atoms with Gasteiger partial charge in [0.05, 0.1) is 11.6 Å². The summed E-state index contributed by atoms with van der Waals surface area (Å²) in [6.07, 6.45) is 5.58. The van der Waals surface area contributed by atoms with Crippen LogP contribution in [0.15, 0.2) is 22.7 Å². The van der Waals surface area contributed by atoms with Crippen molar-refractivity contribution in [3.63, 3.8) is 0 Å². The predicted molar refractivity (Wildman–Crippen MR) is 88.2 cm³/mol. The van der Waals surface area contributed by atoms with Crippen molar-refractivity contribution in [2.45, 2.75) is 45.6 Å². The zero-order valence-corrected chi connectivity index (χ0v) is 14.4. The van der Waals surface area contributed by atoms with Gasteiger partial charge in [0.2, 0.25) is 0 Å². The molecule has 1 aromatic carbocycles. The number of rotatable bonds is 5. The number of halogens is 1. The fourth-order valence-corrected chi connectivity index (χ4v) is 3.72. The smallest absolute Gasteiger partial charge is 0.133 e. The van der Waals surface area contributed by atoms with Gasteiger partial charge in [0.25, 0.3) is 0 Å². The van der Waals surface area contributed by atoms with Gasteiger partial charge in [0.15, 0.2) is 0 Å². The standard InChI is InChI=1S/C17H26BrNO/c1-12-5-4-6-14(9-12)11-19-13(2)15-7-8-17(20-3)16(18)10-15/h7-8,10,12-14,19H,4-6,9,11H2,1-3H3. The third kappa shape index (κ3) is 4.23. The molecular formula is C17H26BrNO. The van der Waals surface area contributed by atoms with Gasteiger partial charge in [-0.05, 0) is 71.8 Å². The number of hydrogen-bond donors (Lipinski definition) is 1. The maximum Gasteiger partial charge on any atom is 0.133 e. The normalized spacial score (nSPS) is 24.4. The summed E-state index contributed by atoms with van der Waals surface area (Å²) in [6.45, 7) is 5.76. The highest BCUT2D eigenvalue weighted by atomic mass is 79.9. The van der Waals surface area contributed by atoms with E-state index in [2.05, 4.69) is 47.2 Å². The highest BCUT2D eigenvalue weighted by molar-refractivity contribution is 9.10. The Kier molecular flexibility index (Phi) is 5.91. The first-order chi connectivity index (χ1) is 9.60. The monoisotopic (exact) mass is 339 g/mol. The summed E-state index contributed by atoms with van der Waals surface area (Å²) in [4.78, 5) is 0. The van der Waals surface area contributed by atoms with Gasteiger partial charge >= 0.3 is 0 Å². The van der Waals surface area contributed by atoms with Crippen LogP contribution in [0.5, 0.6) is 5.75 Å². The summed E-state index contributed by atoms with van der Waals surface area (Å²) in [5.41, 5.74) is 1.31. The van der Waals surface area contributed by atoms with E-state index in [1.54, 1.807) is 7.11 Å². The van der Waals surface area contributed by atoms with Gasteiger partial charge in [-0.3, -0.25) is 0 Å². The summed E-state index contributed by atoms with van der Waals surface area (Å²) in [7, 11) is 1.70. The maximum absolute atomic E-state index is 5.28. The van der Waals surface area contributed by atoms with E-state index in [0.717, 1.165) is 28.6 Å². The van der Waals surface area contributed by atoms with Crippen LogP contribution in [0.2, 0.25) is 0 Å². The summed E-state index contributed by atoms with van der Waals surface area (Å²) < 4.78 is 6.30. The van der Waals surface area contributed by atoms with Gasteiger partial charge < -0.3 is 10.1 Å². The highest BCUT2D eigenvalue weighted by Crippen LogP contribution is 2.30. The molecule has 2 rings (SSSR count). The first kappa shape index (κ1) is 15.8. The van der Waals surface area contributed by atoms with Crippen LogP contribution in [0.25, 0.3) is 0 Å². The summed E-state index contributed by atoms with van der Waals surface area (Å²) >= 11 is 3.56. The molecule has 3 atom stereocenters. The van der Waals surface area contributed by atoms with E-state index in [9.17, 15) is 0 Å². The van der Waals surface area contributed by atoms with Crippen LogP contribution >= 0.6 is 15.9 Å². The topological polar surface area (TPSA) is 21.3 Å². The molecule has 0 amide bonds. The van der Waals surface area contributed by atoms with Crippen molar-refractivity contribution in [2.24, 2.45) is 11.8 Å². The van der Waals surface area contributed by atoms with Gasteiger partial charge in [-0.1, -0.05) is 25.8 Å². The second-order valence-electron chi connectivity index (χ2n) is 6.16. The van der Waals surface area contributed by atoms with Gasteiger partial charge in [0.1, 0.15) is 5.75 Å². The quantitative estimate of drug-likeness (QED) is 0.820. The average molecular weight is 340 g/mol. The van der Waals surface area contributed by atoms with Crippen LogP contribution in [0.1, 0.15) is 51.1 Å². The molecule has 1 aliphatic rings. The van der Waals surface area contributed by atoms with E-state index in [-0.39, 0.29) is 0 Å². The van der Waals surface area contributed by atoms with Crippen molar-refractivity contribution in [1.29, 1.82) is 0 Å². The number of hydrogen-bond acceptors (Lipinski definition) is 2. The Morgan fingerprint density at radius 3 is 2.85 bits per heavy atom. The lowest BCUT2D eigenvalue weighted by molar-refractivity contribution is 0.268. The Morgan fingerprint density at radius 1 is 1.40 bits per heavy atom. The Labute approximate surface area is 131 Å². The Hall–Kier alpha value is -0.540. The molecule has 1 fully saturated rings. The van der Waals surface area contributed by atoms with Crippen LogP contribution in [-0.2, 0) is 0 Å². The van der Waals surface area contributed by atoms with E-state index < -0.39 is 0 Å². The van der Waals surface area contributed by atoms with E-state index in [0.29, 0.717) is 6.04 Å². The molecule has 0 bridgehead atoms. The van der Waals surface area contributed by atoms with E-state index in [1.165, 1.54) is 31.2 Å². The molecule has 2 nitrogen and oxygen atoms in total. The lowest BCUT2D eigenvalue weighted by Crippen LogP contribution is -2.28. The first-order valence-electron chi connectivity index (χ1n) is 7.67. The minimum absolute atomic E-state index is 0.384. The molecule has 3 unspecified atom stereocenters. The van der Waals surface area contributed by atoms with Gasteiger partial charge in [-0.25, -0.2) is 0 Å². The number of ether oxygens (including phenoxy) is 1. The third-order valence-corrected chi connectivity index (χ3v) is 5.05. The molecule has 0 aliphatic heterocycles. The molecule has 0 aromatic heterocycles. The first-order valence-corrected chi connectivity index (χ1v) is 8.46. The Bertz CT molecular complexity index is 435. The lowest BCUT2D eigenvalue weighted by Gasteiger charge is -2.28. The zero-order valence-electron chi connectivity index (χ0n) is 12.8. The fraction of sp³-hybridized carbons (Fsp3) is 0.647. The summed E-state index contributed by atoms with van der Waals surface area (Å²) in [5.74, 6) is 2.64. The second-order valence-corrected chi connectivity index (χ2v) is 7.02. The third-order valence-electron chi connectivity index (χ3n) is 4.43. The molecule has 0 saturated heterocycles. The molecule has 0 spiro atoms. The van der Waals surface area contributed by atoms with Crippen LogP contribution in [0.3, 0.4) is 0 Å². The molecule has 0 heterocycles. The molecule has 1 aliphatic carbocycles. The van der Waals surface area contributed by atoms with Crippen LogP contribution < -0.4 is 10.1 Å². The van der Waals surface area contributed by atoms with Crippen molar-refractivity contribution < 1.29 is 4.74 Å². The van der Waals surface area contributed by atoms with Crippen LogP contribution in [0.4, 0.5) is 0 Å². The van der Waals surface area contributed by atoms with Crippen molar-refractivity contribution in [3.8, 4) is 5.75 Å². The van der Waals surface area contributed by atoms with E-state index in [1.807, 2.05) is 6.07 Å². The molecule has 0 radical (unpaired) electrons. The van der Waals surface area contributed by atoms with Crippen molar-refractivity contribution in [3.05, 3.63) is 28.2 Å². The highest BCUT2D eigenvalue weighted by Gasteiger charge is 2.19.